The number of piperidine rings is 1. The number of hydrogen-bond donors (Lipinski definition) is 1. The van der Waals surface area contributed by atoms with Crippen LogP contribution in [0.3, 0.4) is 0 Å². The van der Waals surface area contributed by atoms with E-state index >= 15 is 0 Å². The van der Waals surface area contributed by atoms with E-state index in [0.29, 0.717) is 32.5 Å². The van der Waals surface area contributed by atoms with Gasteiger partial charge in [0.25, 0.3) is 10.0 Å². The second kappa shape index (κ2) is 9.61. The van der Waals surface area contributed by atoms with E-state index in [1.54, 1.807) is 4.57 Å². The normalized spacial score (nSPS) is 17.8. The number of sulfonamides is 1. The summed E-state index contributed by atoms with van der Waals surface area (Å²) in [7, 11) is -3.69. The van der Waals surface area contributed by atoms with Gasteiger partial charge in [-0.3, -0.25) is 4.79 Å². The Morgan fingerprint density at radius 1 is 1.30 bits per heavy atom. The number of nitrogens with one attached hydrogen (secondary N) is 1. The van der Waals surface area contributed by atoms with E-state index in [1.165, 1.54) is 16.8 Å². The molecule has 2 heterocycles. The fraction of sp³-hybridized carbons (Fsp3) is 0.524. The van der Waals surface area contributed by atoms with Gasteiger partial charge in [-0.25, -0.2) is 13.4 Å². The van der Waals surface area contributed by atoms with E-state index in [9.17, 15) is 13.2 Å². The summed E-state index contributed by atoms with van der Waals surface area (Å²) in [6.07, 6.45) is 4.47. The third kappa shape index (κ3) is 5.40. The first-order valence-corrected chi connectivity index (χ1v) is 11.8. The molecule has 1 atom stereocenters. The van der Waals surface area contributed by atoms with Crippen LogP contribution in [0.4, 0.5) is 0 Å². The molecule has 0 aliphatic carbocycles. The number of nitrogens with zero attached hydrogens (tertiary/aromatic N) is 3. The van der Waals surface area contributed by atoms with E-state index < -0.39 is 10.0 Å². The van der Waals surface area contributed by atoms with Crippen molar-refractivity contribution in [3.05, 3.63) is 42.4 Å². The van der Waals surface area contributed by atoms with Crippen molar-refractivity contribution >= 4 is 15.9 Å². The number of aromatic nitrogens is 2. The second-order valence-electron chi connectivity index (χ2n) is 7.77. The highest BCUT2D eigenvalue weighted by atomic mass is 32.2. The van der Waals surface area contributed by atoms with Gasteiger partial charge in [0, 0.05) is 32.4 Å². The highest BCUT2D eigenvalue weighted by molar-refractivity contribution is 7.89. The number of hydrogen-bond acceptors (Lipinski definition) is 5. The summed E-state index contributed by atoms with van der Waals surface area (Å²) < 4.78 is 34.5. The summed E-state index contributed by atoms with van der Waals surface area (Å²) >= 11 is 0. The van der Waals surface area contributed by atoms with Crippen molar-refractivity contribution in [1.29, 1.82) is 0 Å². The first-order valence-electron chi connectivity index (χ1n) is 10.3. The average Bonchev–Trinajstić information content (AvgIpc) is 3.23. The molecule has 30 heavy (non-hydrogen) atoms. The maximum atomic E-state index is 12.9. The van der Waals surface area contributed by atoms with Crippen LogP contribution in [0, 0.1) is 5.92 Å². The van der Waals surface area contributed by atoms with Crippen LogP contribution in [0.15, 0.2) is 41.8 Å². The fourth-order valence-corrected chi connectivity index (χ4v) is 4.90. The van der Waals surface area contributed by atoms with Crippen LogP contribution in [0.25, 0.3) is 0 Å². The predicted octanol–water partition coefficient (Wildman–Crippen LogP) is 2.41. The third-order valence-corrected chi connectivity index (χ3v) is 6.85. The third-order valence-electron chi connectivity index (χ3n) is 5.10. The molecule has 0 radical (unpaired) electrons. The summed E-state index contributed by atoms with van der Waals surface area (Å²) in [6.45, 7) is 7.48. The molecule has 0 unspecified atom stereocenters. The Hall–Kier alpha value is -2.39. The summed E-state index contributed by atoms with van der Waals surface area (Å²) in [6, 6.07) is 7.59. The molecule has 9 heteroatoms. The van der Waals surface area contributed by atoms with Crippen molar-refractivity contribution in [3.8, 4) is 5.75 Å². The van der Waals surface area contributed by atoms with Gasteiger partial charge in [-0.05, 0) is 51.3 Å². The van der Waals surface area contributed by atoms with Crippen LogP contribution in [0.5, 0.6) is 5.75 Å². The molecule has 0 saturated carbocycles. The van der Waals surface area contributed by atoms with E-state index in [-0.39, 0.29) is 29.5 Å². The number of carbonyl (C=O) groups is 1. The van der Waals surface area contributed by atoms with E-state index in [1.807, 2.05) is 45.0 Å². The SMILES string of the molecule is CCn1cnc(S(=O)(=O)N2CCC[C@@H](C(=O)NCc3ccc(OC(C)C)cc3)C2)c1. The Bertz CT molecular complexity index is 954. The Morgan fingerprint density at radius 3 is 2.67 bits per heavy atom. The minimum Gasteiger partial charge on any atom is -0.491 e. The van der Waals surface area contributed by atoms with Gasteiger partial charge in [-0.2, -0.15) is 4.31 Å². The maximum absolute atomic E-state index is 12.9. The van der Waals surface area contributed by atoms with E-state index in [4.69, 9.17) is 4.74 Å². The van der Waals surface area contributed by atoms with E-state index in [0.717, 1.165) is 11.3 Å². The van der Waals surface area contributed by atoms with Crippen molar-refractivity contribution in [2.45, 2.75) is 57.8 Å². The van der Waals surface area contributed by atoms with Crippen molar-refractivity contribution < 1.29 is 17.9 Å². The Balaban J connectivity index is 1.57. The van der Waals surface area contributed by atoms with Crippen molar-refractivity contribution in [1.82, 2.24) is 19.2 Å². The van der Waals surface area contributed by atoms with Gasteiger partial charge < -0.3 is 14.6 Å². The van der Waals surface area contributed by atoms with Gasteiger partial charge in [-0.15, -0.1) is 0 Å². The largest absolute Gasteiger partial charge is 0.491 e. The predicted molar refractivity (Wildman–Crippen MR) is 113 cm³/mol. The van der Waals surface area contributed by atoms with Gasteiger partial charge in [0.15, 0.2) is 5.03 Å². The molecule has 0 bridgehead atoms. The number of benzene rings is 1. The molecule has 1 saturated heterocycles. The molecule has 0 spiro atoms. The zero-order valence-electron chi connectivity index (χ0n) is 17.7. The molecule has 1 amide bonds. The Morgan fingerprint density at radius 2 is 2.03 bits per heavy atom. The van der Waals surface area contributed by atoms with Crippen LogP contribution in [-0.4, -0.2) is 47.4 Å². The van der Waals surface area contributed by atoms with Crippen LogP contribution in [-0.2, 0) is 27.9 Å². The monoisotopic (exact) mass is 434 g/mol. The number of imidazole rings is 1. The fourth-order valence-electron chi connectivity index (χ4n) is 3.44. The lowest BCUT2D eigenvalue weighted by molar-refractivity contribution is -0.126. The molecular weight excluding hydrogens is 404 g/mol. The zero-order valence-corrected chi connectivity index (χ0v) is 18.6. The summed E-state index contributed by atoms with van der Waals surface area (Å²) in [5.41, 5.74) is 0.963. The number of amides is 1. The summed E-state index contributed by atoms with van der Waals surface area (Å²) in [5, 5.41) is 2.97. The summed E-state index contributed by atoms with van der Waals surface area (Å²) in [5.74, 6) is 0.292. The molecule has 2 aromatic rings. The van der Waals surface area contributed by atoms with Gasteiger partial charge in [0.1, 0.15) is 5.75 Å². The Kier molecular flexibility index (Phi) is 7.14. The van der Waals surface area contributed by atoms with Crippen molar-refractivity contribution in [3.63, 3.8) is 0 Å². The molecule has 3 rings (SSSR count). The lowest BCUT2D eigenvalue weighted by Crippen LogP contribution is -2.45. The number of aryl methyl sites for hydroxylation is 1. The number of carbonyl (C=O) groups excluding carboxylic acids is 1. The van der Waals surface area contributed by atoms with E-state index in [2.05, 4.69) is 10.3 Å². The zero-order chi connectivity index (χ0) is 21.7. The second-order valence-corrected chi connectivity index (χ2v) is 9.66. The molecule has 164 valence electrons. The van der Waals surface area contributed by atoms with Crippen molar-refractivity contribution in [2.24, 2.45) is 5.92 Å². The minimum atomic E-state index is -3.69. The number of rotatable bonds is 8. The topological polar surface area (TPSA) is 93.5 Å². The smallest absolute Gasteiger partial charge is 0.262 e. The maximum Gasteiger partial charge on any atom is 0.262 e. The molecule has 1 aliphatic rings. The van der Waals surface area contributed by atoms with Gasteiger partial charge in [0.2, 0.25) is 5.91 Å². The highest BCUT2D eigenvalue weighted by Gasteiger charge is 2.34. The quantitative estimate of drug-likeness (QED) is 0.689. The lowest BCUT2D eigenvalue weighted by Gasteiger charge is -2.30. The lowest BCUT2D eigenvalue weighted by atomic mass is 9.99. The molecule has 1 N–H and O–H groups in total. The average molecular weight is 435 g/mol. The van der Waals surface area contributed by atoms with Gasteiger partial charge in [-0.1, -0.05) is 12.1 Å². The van der Waals surface area contributed by atoms with Crippen LogP contribution < -0.4 is 10.1 Å². The molecule has 1 aromatic carbocycles. The van der Waals surface area contributed by atoms with Crippen LogP contribution in [0.2, 0.25) is 0 Å². The summed E-state index contributed by atoms with van der Waals surface area (Å²) in [4.78, 5) is 16.7. The van der Waals surface area contributed by atoms with Crippen molar-refractivity contribution in [2.75, 3.05) is 13.1 Å². The van der Waals surface area contributed by atoms with Gasteiger partial charge in [0.05, 0.1) is 18.3 Å². The molecule has 1 fully saturated rings. The highest BCUT2D eigenvalue weighted by Crippen LogP contribution is 2.23. The number of ether oxygens (including phenoxy) is 1. The first kappa shape index (κ1) is 22.3. The van der Waals surface area contributed by atoms with Crippen LogP contribution >= 0.6 is 0 Å². The molecule has 1 aromatic heterocycles. The standard InChI is InChI=1S/C21H30N4O4S/c1-4-24-14-20(23-15-24)30(27,28)25-11-5-6-18(13-25)21(26)22-12-17-7-9-19(10-8-17)29-16(2)3/h7-10,14-16,18H,4-6,11-13H2,1-3H3,(H,22,26)/t18-/m1/s1. The Labute approximate surface area is 178 Å². The minimum absolute atomic E-state index is 0.0362. The van der Waals surface area contributed by atoms with Gasteiger partial charge >= 0.3 is 0 Å². The molecule has 8 nitrogen and oxygen atoms in total. The first-order chi connectivity index (χ1) is 14.3. The molecule has 1 aliphatic heterocycles. The molecular formula is C21H30N4O4S. The van der Waals surface area contributed by atoms with Crippen LogP contribution in [0.1, 0.15) is 39.2 Å².